The maximum atomic E-state index is 12.6. The smallest absolute Gasteiger partial charge is 0.281 e. The quantitative estimate of drug-likeness (QED) is 0.393. The van der Waals surface area contributed by atoms with Gasteiger partial charge in [-0.3, -0.25) is 19.8 Å². The SMILES string of the molecule is O=C1/C(=C/c2ccc([N+](=O)[O-])cc2)NC(=S)N1c1ccccc1Cl. The molecule has 1 N–H and O–H groups in total. The fourth-order valence-electron chi connectivity index (χ4n) is 2.25. The molecule has 24 heavy (non-hydrogen) atoms. The molecule has 2 aromatic rings. The van der Waals surface area contributed by atoms with Crippen LogP contribution in [0.4, 0.5) is 11.4 Å². The molecular formula is C16H10ClN3O3S. The van der Waals surface area contributed by atoms with Gasteiger partial charge in [0.15, 0.2) is 5.11 Å². The summed E-state index contributed by atoms with van der Waals surface area (Å²) in [6.45, 7) is 0. The van der Waals surface area contributed by atoms with Gasteiger partial charge in [0.25, 0.3) is 11.6 Å². The lowest BCUT2D eigenvalue weighted by Gasteiger charge is -2.15. The largest absolute Gasteiger partial charge is 0.327 e. The molecule has 0 spiro atoms. The molecule has 0 bridgehead atoms. The van der Waals surface area contributed by atoms with E-state index in [9.17, 15) is 14.9 Å². The number of nitrogens with one attached hydrogen (secondary N) is 1. The van der Waals surface area contributed by atoms with Crippen LogP contribution >= 0.6 is 23.8 Å². The van der Waals surface area contributed by atoms with Crippen LogP contribution in [0, 0.1) is 10.1 Å². The first-order valence-electron chi connectivity index (χ1n) is 6.83. The van der Waals surface area contributed by atoms with Gasteiger partial charge in [-0.2, -0.15) is 0 Å². The lowest BCUT2D eigenvalue weighted by Crippen LogP contribution is -2.30. The number of carbonyl (C=O) groups is 1. The van der Waals surface area contributed by atoms with Gasteiger partial charge in [0, 0.05) is 12.1 Å². The van der Waals surface area contributed by atoms with Crippen molar-refractivity contribution in [3.05, 3.63) is 74.9 Å². The van der Waals surface area contributed by atoms with Crippen molar-refractivity contribution in [2.24, 2.45) is 0 Å². The first-order valence-corrected chi connectivity index (χ1v) is 7.62. The van der Waals surface area contributed by atoms with Gasteiger partial charge in [0.05, 0.1) is 15.6 Å². The molecule has 0 atom stereocenters. The number of hydrogen-bond acceptors (Lipinski definition) is 4. The van der Waals surface area contributed by atoms with E-state index in [1.807, 2.05) is 0 Å². The number of anilines is 1. The van der Waals surface area contributed by atoms with Crippen LogP contribution in [-0.4, -0.2) is 15.9 Å². The second kappa shape index (κ2) is 6.38. The van der Waals surface area contributed by atoms with Crippen LogP contribution in [0.25, 0.3) is 6.08 Å². The summed E-state index contributed by atoms with van der Waals surface area (Å²) < 4.78 is 0. The van der Waals surface area contributed by atoms with E-state index >= 15 is 0 Å². The predicted molar refractivity (Wildman–Crippen MR) is 95.7 cm³/mol. The summed E-state index contributed by atoms with van der Waals surface area (Å²) in [5, 5.41) is 14.1. The highest BCUT2D eigenvalue weighted by atomic mass is 35.5. The van der Waals surface area contributed by atoms with Crippen molar-refractivity contribution in [1.82, 2.24) is 5.32 Å². The molecule has 1 aliphatic heterocycles. The summed E-state index contributed by atoms with van der Waals surface area (Å²) in [6, 6.07) is 12.7. The number of thiocarbonyl (C=S) groups is 1. The molecule has 120 valence electrons. The van der Waals surface area contributed by atoms with Crippen molar-refractivity contribution in [1.29, 1.82) is 0 Å². The molecule has 1 saturated heterocycles. The molecule has 1 aliphatic rings. The first-order chi connectivity index (χ1) is 11.5. The number of halogens is 1. The van der Waals surface area contributed by atoms with Gasteiger partial charge in [-0.15, -0.1) is 0 Å². The molecule has 3 rings (SSSR count). The highest BCUT2D eigenvalue weighted by molar-refractivity contribution is 7.80. The average Bonchev–Trinajstić information content (AvgIpc) is 2.83. The number of rotatable bonds is 3. The number of amides is 1. The van der Waals surface area contributed by atoms with E-state index in [1.165, 1.54) is 17.0 Å². The third-order valence-corrected chi connectivity index (χ3v) is 3.99. The van der Waals surface area contributed by atoms with Crippen molar-refractivity contribution in [3.63, 3.8) is 0 Å². The fourth-order valence-corrected chi connectivity index (χ4v) is 2.76. The summed E-state index contributed by atoms with van der Waals surface area (Å²) in [5.41, 5.74) is 1.39. The molecule has 8 heteroatoms. The highest BCUT2D eigenvalue weighted by Crippen LogP contribution is 2.29. The van der Waals surface area contributed by atoms with Gasteiger partial charge in [0.1, 0.15) is 5.70 Å². The Morgan fingerprint density at radius 3 is 2.46 bits per heavy atom. The van der Waals surface area contributed by atoms with E-state index in [2.05, 4.69) is 5.32 Å². The van der Waals surface area contributed by atoms with E-state index in [0.717, 1.165) is 0 Å². The Labute approximate surface area is 147 Å². The summed E-state index contributed by atoms with van der Waals surface area (Å²) in [5.74, 6) is -0.341. The molecule has 2 aromatic carbocycles. The van der Waals surface area contributed by atoms with Crippen molar-refractivity contribution in [2.45, 2.75) is 0 Å². The van der Waals surface area contributed by atoms with Gasteiger partial charge in [-0.05, 0) is 48.1 Å². The summed E-state index contributed by atoms with van der Waals surface area (Å²) in [6.07, 6.45) is 1.58. The Hall–Kier alpha value is -2.77. The van der Waals surface area contributed by atoms with Crippen molar-refractivity contribution >= 4 is 52.3 Å². The van der Waals surface area contributed by atoms with Crippen LogP contribution in [0.5, 0.6) is 0 Å². The van der Waals surface area contributed by atoms with Gasteiger partial charge in [-0.25, -0.2) is 0 Å². The number of nitro benzene ring substituents is 1. The van der Waals surface area contributed by atoms with Crippen molar-refractivity contribution in [2.75, 3.05) is 4.90 Å². The third-order valence-electron chi connectivity index (χ3n) is 3.39. The van der Waals surface area contributed by atoms with Crippen LogP contribution in [0.2, 0.25) is 5.02 Å². The fraction of sp³-hybridized carbons (Fsp3) is 0. The minimum absolute atomic E-state index is 0.0175. The molecule has 1 fully saturated rings. The molecular weight excluding hydrogens is 350 g/mol. The zero-order chi connectivity index (χ0) is 17.3. The Morgan fingerprint density at radius 1 is 1.17 bits per heavy atom. The van der Waals surface area contributed by atoms with E-state index in [-0.39, 0.29) is 22.4 Å². The predicted octanol–water partition coefficient (Wildman–Crippen LogP) is 3.51. The summed E-state index contributed by atoms with van der Waals surface area (Å²) in [4.78, 5) is 24.1. The van der Waals surface area contributed by atoms with Crippen LogP contribution in [0.3, 0.4) is 0 Å². The molecule has 0 aromatic heterocycles. The molecule has 0 unspecified atom stereocenters. The summed E-state index contributed by atoms with van der Waals surface area (Å²) in [7, 11) is 0. The number of non-ortho nitro benzene ring substituents is 1. The Balaban J connectivity index is 1.91. The van der Waals surface area contributed by atoms with Crippen LogP contribution in [0.1, 0.15) is 5.56 Å². The number of para-hydroxylation sites is 1. The van der Waals surface area contributed by atoms with Crippen LogP contribution in [0.15, 0.2) is 54.2 Å². The minimum Gasteiger partial charge on any atom is -0.327 e. The normalized spacial score (nSPS) is 15.7. The molecule has 0 saturated carbocycles. The zero-order valence-corrected chi connectivity index (χ0v) is 13.7. The lowest BCUT2D eigenvalue weighted by atomic mass is 10.1. The summed E-state index contributed by atoms with van der Waals surface area (Å²) >= 11 is 11.3. The van der Waals surface area contributed by atoms with Crippen LogP contribution in [-0.2, 0) is 4.79 Å². The molecule has 0 radical (unpaired) electrons. The van der Waals surface area contributed by atoms with Crippen molar-refractivity contribution < 1.29 is 9.72 Å². The van der Waals surface area contributed by atoms with E-state index in [0.29, 0.717) is 16.3 Å². The second-order valence-electron chi connectivity index (χ2n) is 4.93. The Bertz CT molecular complexity index is 880. The maximum Gasteiger partial charge on any atom is 0.281 e. The highest BCUT2D eigenvalue weighted by Gasteiger charge is 2.33. The lowest BCUT2D eigenvalue weighted by molar-refractivity contribution is -0.384. The van der Waals surface area contributed by atoms with Gasteiger partial charge in [-0.1, -0.05) is 23.7 Å². The first kappa shape index (κ1) is 16.1. The number of carbonyl (C=O) groups excluding carboxylic acids is 1. The van der Waals surface area contributed by atoms with Gasteiger partial charge in [0.2, 0.25) is 0 Å². The standard InChI is InChI=1S/C16H10ClN3O3S/c17-12-3-1-2-4-14(12)19-15(21)13(18-16(19)24)9-10-5-7-11(8-6-10)20(22)23/h1-9H,(H,18,24)/b13-9-. The Morgan fingerprint density at radius 2 is 1.83 bits per heavy atom. The number of hydrogen-bond donors (Lipinski definition) is 1. The maximum absolute atomic E-state index is 12.6. The van der Waals surface area contributed by atoms with Crippen molar-refractivity contribution in [3.8, 4) is 0 Å². The van der Waals surface area contributed by atoms with Crippen LogP contribution < -0.4 is 10.2 Å². The molecule has 0 aliphatic carbocycles. The van der Waals surface area contributed by atoms with Gasteiger partial charge < -0.3 is 5.32 Å². The molecule has 1 amide bonds. The average molecular weight is 360 g/mol. The Kier molecular flexibility index (Phi) is 4.28. The third kappa shape index (κ3) is 2.99. The van der Waals surface area contributed by atoms with Gasteiger partial charge >= 0.3 is 0 Å². The second-order valence-corrected chi connectivity index (χ2v) is 5.72. The number of nitrogens with zero attached hydrogens (tertiary/aromatic N) is 2. The molecule has 1 heterocycles. The topological polar surface area (TPSA) is 75.5 Å². The van der Waals surface area contributed by atoms with E-state index < -0.39 is 4.92 Å². The molecule has 6 nitrogen and oxygen atoms in total. The number of benzene rings is 2. The van der Waals surface area contributed by atoms with E-state index in [4.69, 9.17) is 23.8 Å². The monoisotopic (exact) mass is 359 g/mol. The van der Waals surface area contributed by atoms with E-state index in [1.54, 1.807) is 42.5 Å². The number of nitro groups is 1. The zero-order valence-electron chi connectivity index (χ0n) is 12.1. The minimum atomic E-state index is -0.482.